The van der Waals surface area contributed by atoms with E-state index in [0.717, 1.165) is 9.87 Å². The van der Waals surface area contributed by atoms with Crippen LogP contribution in [0.5, 0.6) is 0 Å². The molecule has 0 saturated carbocycles. The van der Waals surface area contributed by atoms with Gasteiger partial charge in [0.15, 0.2) is 5.78 Å². The van der Waals surface area contributed by atoms with Crippen LogP contribution in [0.25, 0.3) is 0 Å². The van der Waals surface area contributed by atoms with Crippen molar-refractivity contribution in [2.45, 2.75) is 37.9 Å². The Morgan fingerprint density at radius 3 is 2.43 bits per heavy atom. The van der Waals surface area contributed by atoms with Gasteiger partial charge in [-0.2, -0.15) is 4.31 Å². The summed E-state index contributed by atoms with van der Waals surface area (Å²) in [6.45, 7) is 5.60. The third kappa shape index (κ3) is 3.07. The SMILES string of the molecule is CCO[C@@H]1C=CC(=O)[C@H](C)N1S(=O)(=O)c1ccc(C)cc1. The molecule has 1 heterocycles. The fraction of sp³-hybridized carbons (Fsp3) is 0.400. The van der Waals surface area contributed by atoms with E-state index < -0.39 is 22.3 Å². The van der Waals surface area contributed by atoms with E-state index in [2.05, 4.69) is 0 Å². The van der Waals surface area contributed by atoms with Crippen molar-refractivity contribution in [3.63, 3.8) is 0 Å². The molecule has 114 valence electrons. The first-order valence-corrected chi connectivity index (χ1v) is 8.25. The second kappa shape index (κ2) is 6.09. The van der Waals surface area contributed by atoms with E-state index in [4.69, 9.17) is 4.74 Å². The second-order valence-electron chi connectivity index (χ2n) is 4.93. The quantitative estimate of drug-likeness (QED) is 0.852. The Bertz CT molecular complexity index is 649. The van der Waals surface area contributed by atoms with Crippen molar-refractivity contribution in [3.05, 3.63) is 42.0 Å². The van der Waals surface area contributed by atoms with Gasteiger partial charge in [-0.15, -0.1) is 0 Å². The number of carbonyl (C=O) groups excluding carboxylic acids is 1. The van der Waals surface area contributed by atoms with E-state index in [9.17, 15) is 13.2 Å². The molecule has 21 heavy (non-hydrogen) atoms. The topological polar surface area (TPSA) is 63.7 Å². The summed E-state index contributed by atoms with van der Waals surface area (Å²) in [6.07, 6.45) is 2.11. The first-order valence-electron chi connectivity index (χ1n) is 6.81. The molecule has 0 fully saturated rings. The van der Waals surface area contributed by atoms with Crippen LogP contribution in [0.2, 0.25) is 0 Å². The number of ether oxygens (including phenoxy) is 1. The number of carbonyl (C=O) groups is 1. The van der Waals surface area contributed by atoms with Crippen LogP contribution in [-0.4, -0.2) is 37.4 Å². The molecule has 0 spiro atoms. The Balaban J connectivity index is 2.46. The molecule has 0 bridgehead atoms. The molecule has 1 aliphatic rings. The molecule has 2 atom stereocenters. The van der Waals surface area contributed by atoms with Gasteiger partial charge in [-0.3, -0.25) is 4.79 Å². The van der Waals surface area contributed by atoms with E-state index in [-0.39, 0.29) is 10.7 Å². The Kier molecular flexibility index (Phi) is 4.61. The van der Waals surface area contributed by atoms with Crippen LogP contribution < -0.4 is 0 Å². The van der Waals surface area contributed by atoms with Gasteiger partial charge in [-0.1, -0.05) is 17.7 Å². The van der Waals surface area contributed by atoms with Gasteiger partial charge in [-0.05, 0) is 45.1 Å². The average molecular weight is 309 g/mol. The smallest absolute Gasteiger partial charge is 0.246 e. The lowest BCUT2D eigenvalue weighted by Gasteiger charge is -2.34. The van der Waals surface area contributed by atoms with Crippen LogP contribution >= 0.6 is 0 Å². The summed E-state index contributed by atoms with van der Waals surface area (Å²) >= 11 is 0. The Morgan fingerprint density at radius 2 is 1.86 bits per heavy atom. The van der Waals surface area contributed by atoms with Crippen LogP contribution in [0, 0.1) is 6.92 Å². The summed E-state index contributed by atoms with van der Waals surface area (Å²) in [5.74, 6) is -0.248. The molecule has 0 unspecified atom stereocenters. The van der Waals surface area contributed by atoms with Gasteiger partial charge in [0.05, 0.1) is 10.9 Å². The van der Waals surface area contributed by atoms with Gasteiger partial charge >= 0.3 is 0 Å². The van der Waals surface area contributed by atoms with Crippen molar-refractivity contribution in [1.82, 2.24) is 4.31 Å². The molecule has 2 rings (SSSR count). The highest BCUT2D eigenvalue weighted by Crippen LogP contribution is 2.25. The highest BCUT2D eigenvalue weighted by atomic mass is 32.2. The lowest BCUT2D eigenvalue weighted by Crippen LogP contribution is -2.51. The Labute approximate surface area is 125 Å². The summed E-state index contributed by atoms with van der Waals surface area (Å²) in [5.41, 5.74) is 0.970. The molecule has 0 saturated heterocycles. The lowest BCUT2D eigenvalue weighted by atomic mass is 10.1. The standard InChI is InChI=1S/C15H19NO4S/c1-4-20-15-10-9-14(17)12(3)16(15)21(18,19)13-7-5-11(2)6-8-13/h5-10,12,15H,4H2,1-3H3/t12-,15+/m0/s1. The minimum Gasteiger partial charge on any atom is -0.359 e. The van der Waals surface area contributed by atoms with E-state index in [1.165, 1.54) is 12.2 Å². The number of aryl methyl sites for hydroxylation is 1. The number of sulfonamides is 1. The summed E-state index contributed by atoms with van der Waals surface area (Å²) in [5, 5.41) is 0. The van der Waals surface area contributed by atoms with Crippen LogP contribution in [-0.2, 0) is 19.6 Å². The fourth-order valence-electron chi connectivity index (χ4n) is 2.22. The molecule has 1 aliphatic heterocycles. The number of benzene rings is 1. The minimum atomic E-state index is -3.80. The zero-order valence-corrected chi connectivity index (χ0v) is 13.1. The molecule has 1 aromatic carbocycles. The number of rotatable bonds is 4. The van der Waals surface area contributed by atoms with Gasteiger partial charge in [0.25, 0.3) is 0 Å². The monoisotopic (exact) mass is 309 g/mol. The third-order valence-electron chi connectivity index (χ3n) is 3.40. The van der Waals surface area contributed by atoms with Crippen molar-refractivity contribution in [2.24, 2.45) is 0 Å². The molecule has 0 aromatic heterocycles. The maximum absolute atomic E-state index is 12.8. The molecule has 6 heteroatoms. The zero-order chi connectivity index (χ0) is 15.6. The van der Waals surface area contributed by atoms with Crippen molar-refractivity contribution < 1.29 is 17.9 Å². The van der Waals surface area contributed by atoms with Crippen molar-refractivity contribution in [1.29, 1.82) is 0 Å². The number of hydrogen-bond acceptors (Lipinski definition) is 4. The van der Waals surface area contributed by atoms with E-state index in [0.29, 0.717) is 6.61 Å². The highest BCUT2D eigenvalue weighted by molar-refractivity contribution is 7.89. The summed E-state index contributed by atoms with van der Waals surface area (Å²) < 4.78 is 32.2. The van der Waals surface area contributed by atoms with Crippen LogP contribution in [0.1, 0.15) is 19.4 Å². The molecule has 1 aromatic rings. The second-order valence-corrected chi connectivity index (χ2v) is 6.77. The number of nitrogens with zero attached hydrogens (tertiary/aromatic N) is 1. The molecular weight excluding hydrogens is 290 g/mol. The maximum Gasteiger partial charge on any atom is 0.246 e. The molecule has 0 radical (unpaired) electrons. The van der Waals surface area contributed by atoms with Crippen molar-refractivity contribution >= 4 is 15.8 Å². The highest BCUT2D eigenvalue weighted by Gasteiger charge is 2.39. The van der Waals surface area contributed by atoms with Crippen molar-refractivity contribution in [3.8, 4) is 0 Å². The van der Waals surface area contributed by atoms with Gasteiger partial charge < -0.3 is 4.74 Å². The van der Waals surface area contributed by atoms with E-state index in [1.807, 2.05) is 6.92 Å². The summed E-state index contributed by atoms with van der Waals surface area (Å²) in [4.78, 5) is 12.0. The fourth-order valence-corrected chi connectivity index (χ4v) is 3.87. The predicted molar refractivity (Wildman–Crippen MR) is 79.2 cm³/mol. The van der Waals surface area contributed by atoms with Gasteiger partial charge in [0.2, 0.25) is 10.0 Å². The van der Waals surface area contributed by atoms with Gasteiger partial charge in [0, 0.05) is 6.61 Å². The lowest BCUT2D eigenvalue weighted by molar-refractivity contribution is -0.121. The molecule has 0 aliphatic carbocycles. The first kappa shape index (κ1) is 15.9. The minimum absolute atomic E-state index is 0.160. The Hall–Kier alpha value is -1.50. The van der Waals surface area contributed by atoms with E-state index >= 15 is 0 Å². The molecule has 0 N–H and O–H groups in total. The normalized spacial score (nSPS) is 23.5. The largest absolute Gasteiger partial charge is 0.359 e. The Morgan fingerprint density at radius 1 is 1.24 bits per heavy atom. The summed E-state index contributed by atoms with van der Waals surface area (Å²) in [7, 11) is -3.80. The van der Waals surface area contributed by atoms with Crippen LogP contribution in [0.3, 0.4) is 0 Å². The molecular formula is C15H19NO4S. The maximum atomic E-state index is 12.8. The van der Waals surface area contributed by atoms with E-state index in [1.54, 1.807) is 38.1 Å². The number of ketones is 1. The average Bonchev–Trinajstić information content (AvgIpc) is 2.43. The summed E-state index contributed by atoms with van der Waals surface area (Å²) in [6, 6.07) is 5.77. The predicted octanol–water partition coefficient (Wildman–Crippen LogP) is 1.88. The molecule has 5 nitrogen and oxygen atoms in total. The molecule has 0 amide bonds. The van der Waals surface area contributed by atoms with Crippen LogP contribution in [0.15, 0.2) is 41.3 Å². The first-order chi connectivity index (χ1) is 9.87. The number of hydrogen-bond donors (Lipinski definition) is 0. The van der Waals surface area contributed by atoms with Crippen molar-refractivity contribution in [2.75, 3.05) is 6.61 Å². The third-order valence-corrected chi connectivity index (χ3v) is 5.35. The van der Waals surface area contributed by atoms with Gasteiger partial charge in [0.1, 0.15) is 6.23 Å². The van der Waals surface area contributed by atoms with Crippen LogP contribution in [0.4, 0.5) is 0 Å². The zero-order valence-electron chi connectivity index (χ0n) is 12.3. The van der Waals surface area contributed by atoms with Gasteiger partial charge in [-0.25, -0.2) is 8.42 Å².